The Morgan fingerprint density at radius 2 is 2.00 bits per heavy atom. The van der Waals surface area contributed by atoms with Gasteiger partial charge in [-0.05, 0) is 31.9 Å². The number of rotatable bonds is 6. The zero-order valence-electron chi connectivity index (χ0n) is 15.1. The van der Waals surface area contributed by atoms with Gasteiger partial charge in [0.1, 0.15) is 0 Å². The molecule has 0 spiro atoms. The molecule has 2 aromatic rings. The van der Waals surface area contributed by atoms with Crippen LogP contribution in [0.25, 0.3) is 0 Å². The average molecular weight is 384 g/mol. The first-order chi connectivity index (χ1) is 12.3. The van der Waals surface area contributed by atoms with Crippen molar-refractivity contribution >= 4 is 17.3 Å². The van der Waals surface area contributed by atoms with Crippen LogP contribution < -0.4 is 10.6 Å². The number of nitrogens with one attached hydrogen (secondary N) is 2. The molecule has 0 atom stereocenters. The van der Waals surface area contributed by atoms with Gasteiger partial charge >= 0.3 is 6.18 Å². The van der Waals surface area contributed by atoms with Gasteiger partial charge in [0.05, 0.1) is 11.6 Å². The van der Waals surface area contributed by atoms with E-state index in [9.17, 15) is 13.2 Å². The summed E-state index contributed by atoms with van der Waals surface area (Å²) in [4.78, 5) is 8.18. The minimum Gasteiger partial charge on any atom is -0.357 e. The van der Waals surface area contributed by atoms with Crippen LogP contribution in [0.3, 0.4) is 0 Å². The smallest absolute Gasteiger partial charge is 0.357 e. The molecule has 142 valence electrons. The highest BCUT2D eigenvalue weighted by Gasteiger charge is 2.33. The molecular formula is C18H23F3N4S. The number of nitrogens with zero attached hydrogens (tertiary/aromatic N) is 2. The van der Waals surface area contributed by atoms with Crippen LogP contribution in [0.15, 0.2) is 28.6 Å². The summed E-state index contributed by atoms with van der Waals surface area (Å²) in [6.07, 6.45) is -3.97. The minimum atomic E-state index is -4.38. The molecular weight excluding hydrogens is 361 g/mol. The van der Waals surface area contributed by atoms with Crippen LogP contribution in [0.5, 0.6) is 0 Å². The number of alkyl halides is 3. The number of aryl methyl sites for hydroxylation is 2. The number of benzene rings is 1. The number of guanidine groups is 1. The van der Waals surface area contributed by atoms with E-state index in [4.69, 9.17) is 0 Å². The summed E-state index contributed by atoms with van der Waals surface area (Å²) in [6.45, 7) is 7.77. The minimum absolute atomic E-state index is 0.411. The van der Waals surface area contributed by atoms with E-state index in [0.29, 0.717) is 37.0 Å². The molecule has 0 radical (unpaired) electrons. The second-order valence-corrected chi connectivity index (χ2v) is 6.87. The zero-order chi connectivity index (χ0) is 19.2. The zero-order valence-corrected chi connectivity index (χ0v) is 15.9. The molecule has 0 aliphatic carbocycles. The number of halogens is 3. The molecule has 0 saturated carbocycles. The molecule has 4 nitrogen and oxygen atoms in total. The molecule has 0 bridgehead atoms. The van der Waals surface area contributed by atoms with Crippen molar-refractivity contribution in [3.8, 4) is 0 Å². The first-order valence-corrected chi connectivity index (χ1v) is 9.27. The van der Waals surface area contributed by atoms with Gasteiger partial charge in [0.2, 0.25) is 0 Å². The fourth-order valence-electron chi connectivity index (χ4n) is 2.37. The lowest BCUT2D eigenvalue weighted by Crippen LogP contribution is -2.38. The van der Waals surface area contributed by atoms with Crippen molar-refractivity contribution in [3.63, 3.8) is 0 Å². The monoisotopic (exact) mass is 384 g/mol. The fourth-order valence-corrected chi connectivity index (χ4v) is 3.18. The molecule has 26 heavy (non-hydrogen) atoms. The third-order valence-corrected chi connectivity index (χ3v) is 4.63. The third-order valence-electron chi connectivity index (χ3n) is 3.72. The molecule has 0 amide bonds. The summed E-state index contributed by atoms with van der Waals surface area (Å²) in [5.74, 6) is 0.639. The maximum atomic E-state index is 12.6. The molecule has 1 aromatic heterocycles. The van der Waals surface area contributed by atoms with E-state index in [2.05, 4.69) is 52.7 Å². The Balaban J connectivity index is 1.92. The SMILES string of the molecule is CCNC(=NCc1ccc(C)cc1C)NCCc1nc(C(F)(F)F)cs1. The molecule has 2 N–H and O–H groups in total. The van der Waals surface area contributed by atoms with Gasteiger partial charge in [-0.3, -0.25) is 0 Å². The predicted molar refractivity (Wildman–Crippen MR) is 99.6 cm³/mol. The van der Waals surface area contributed by atoms with Crippen molar-refractivity contribution in [1.82, 2.24) is 15.6 Å². The van der Waals surface area contributed by atoms with E-state index in [1.165, 1.54) is 11.1 Å². The van der Waals surface area contributed by atoms with E-state index >= 15 is 0 Å². The van der Waals surface area contributed by atoms with Gasteiger partial charge in [-0.1, -0.05) is 23.8 Å². The van der Waals surface area contributed by atoms with Gasteiger partial charge < -0.3 is 10.6 Å². The highest BCUT2D eigenvalue weighted by atomic mass is 32.1. The normalized spacial score (nSPS) is 12.3. The van der Waals surface area contributed by atoms with Gasteiger partial charge in [-0.2, -0.15) is 13.2 Å². The summed E-state index contributed by atoms with van der Waals surface area (Å²) in [7, 11) is 0. The largest absolute Gasteiger partial charge is 0.434 e. The highest BCUT2D eigenvalue weighted by Crippen LogP contribution is 2.29. The van der Waals surface area contributed by atoms with Crippen LogP contribution in [0, 0.1) is 13.8 Å². The topological polar surface area (TPSA) is 49.3 Å². The standard InChI is InChI=1S/C18H23F3N4S/c1-4-22-17(24-10-14-6-5-12(2)9-13(14)3)23-8-7-16-25-15(11-26-16)18(19,20)21/h5-6,9,11H,4,7-8,10H2,1-3H3,(H2,22,23,24). The van der Waals surface area contributed by atoms with Gasteiger partial charge in [0, 0.05) is 24.9 Å². The van der Waals surface area contributed by atoms with E-state index < -0.39 is 11.9 Å². The van der Waals surface area contributed by atoms with E-state index in [1.54, 1.807) is 0 Å². The predicted octanol–water partition coefficient (Wildman–Crippen LogP) is 4.08. The molecule has 0 saturated heterocycles. The molecule has 0 unspecified atom stereocenters. The van der Waals surface area contributed by atoms with Crippen molar-refractivity contribution in [3.05, 3.63) is 51.0 Å². The molecule has 0 fully saturated rings. The highest BCUT2D eigenvalue weighted by molar-refractivity contribution is 7.09. The first-order valence-electron chi connectivity index (χ1n) is 8.39. The Morgan fingerprint density at radius 3 is 2.62 bits per heavy atom. The number of thiazole rings is 1. The number of aliphatic imine (C=N–C) groups is 1. The van der Waals surface area contributed by atoms with E-state index in [0.717, 1.165) is 22.3 Å². The van der Waals surface area contributed by atoms with E-state index in [-0.39, 0.29) is 0 Å². The number of aromatic nitrogens is 1. The quantitative estimate of drug-likeness (QED) is 0.583. The van der Waals surface area contributed by atoms with Crippen LogP contribution in [-0.4, -0.2) is 24.0 Å². The van der Waals surface area contributed by atoms with Crippen molar-refractivity contribution in [2.45, 2.75) is 39.9 Å². The van der Waals surface area contributed by atoms with Crippen LogP contribution in [0.2, 0.25) is 0 Å². The summed E-state index contributed by atoms with van der Waals surface area (Å²) in [5.41, 5.74) is 2.71. The average Bonchev–Trinajstić information content (AvgIpc) is 3.03. The summed E-state index contributed by atoms with van der Waals surface area (Å²) >= 11 is 1.02. The molecule has 2 rings (SSSR count). The second-order valence-electron chi connectivity index (χ2n) is 5.93. The van der Waals surface area contributed by atoms with E-state index in [1.807, 2.05) is 6.92 Å². The summed E-state index contributed by atoms with van der Waals surface area (Å²) < 4.78 is 37.7. The van der Waals surface area contributed by atoms with Crippen LogP contribution in [-0.2, 0) is 19.1 Å². The molecule has 1 heterocycles. The fraction of sp³-hybridized carbons (Fsp3) is 0.444. The number of hydrogen-bond donors (Lipinski definition) is 2. The first kappa shape index (κ1) is 20.2. The maximum Gasteiger partial charge on any atom is 0.434 e. The van der Waals surface area contributed by atoms with Crippen molar-refractivity contribution < 1.29 is 13.2 Å². The van der Waals surface area contributed by atoms with Gasteiger partial charge in [-0.15, -0.1) is 11.3 Å². The molecule has 8 heteroatoms. The van der Waals surface area contributed by atoms with Gasteiger partial charge in [0.15, 0.2) is 11.7 Å². The maximum absolute atomic E-state index is 12.6. The third kappa shape index (κ3) is 6.01. The lowest BCUT2D eigenvalue weighted by Gasteiger charge is -2.11. The van der Waals surface area contributed by atoms with Gasteiger partial charge in [0.25, 0.3) is 0 Å². The molecule has 0 aliphatic heterocycles. The Kier molecular flexibility index (Phi) is 7.02. The summed E-state index contributed by atoms with van der Waals surface area (Å²) in [6, 6.07) is 6.23. The second kappa shape index (κ2) is 9.02. The molecule has 1 aromatic carbocycles. The van der Waals surface area contributed by atoms with Crippen molar-refractivity contribution in [1.29, 1.82) is 0 Å². The van der Waals surface area contributed by atoms with Crippen LogP contribution in [0.4, 0.5) is 13.2 Å². The Morgan fingerprint density at radius 1 is 1.23 bits per heavy atom. The lowest BCUT2D eigenvalue weighted by molar-refractivity contribution is -0.140. The number of hydrogen-bond acceptors (Lipinski definition) is 3. The Bertz CT molecular complexity index is 753. The van der Waals surface area contributed by atoms with Crippen molar-refractivity contribution in [2.75, 3.05) is 13.1 Å². The Labute approximate surface area is 155 Å². The van der Waals surface area contributed by atoms with Crippen LogP contribution >= 0.6 is 11.3 Å². The van der Waals surface area contributed by atoms with Gasteiger partial charge in [-0.25, -0.2) is 9.98 Å². The molecule has 0 aliphatic rings. The van der Waals surface area contributed by atoms with Crippen LogP contribution in [0.1, 0.15) is 34.3 Å². The Hall–Kier alpha value is -2.09. The lowest BCUT2D eigenvalue weighted by atomic mass is 10.1. The summed E-state index contributed by atoms with van der Waals surface area (Å²) in [5, 5.41) is 7.79. The van der Waals surface area contributed by atoms with Crippen molar-refractivity contribution in [2.24, 2.45) is 4.99 Å².